The van der Waals surface area contributed by atoms with Crippen LogP contribution in [-0.4, -0.2) is 17.6 Å². The van der Waals surface area contributed by atoms with Crippen LogP contribution < -0.4 is 10.2 Å². The molecule has 1 saturated heterocycles. The van der Waals surface area contributed by atoms with Crippen molar-refractivity contribution < 1.29 is 18.4 Å². The van der Waals surface area contributed by atoms with Gasteiger partial charge in [0.25, 0.3) is 5.91 Å². The van der Waals surface area contributed by atoms with Crippen molar-refractivity contribution in [2.45, 2.75) is 5.37 Å². The molecule has 0 bridgehead atoms. The first-order valence-electron chi connectivity index (χ1n) is 8.98. The minimum Gasteiger partial charge on any atom is -0.322 e. The van der Waals surface area contributed by atoms with Crippen molar-refractivity contribution in [2.75, 3.05) is 16.0 Å². The van der Waals surface area contributed by atoms with Crippen LogP contribution in [0.1, 0.15) is 21.3 Å². The van der Waals surface area contributed by atoms with E-state index in [0.29, 0.717) is 21.8 Å². The Labute approximate surface area is 180 Å². The van der Waals surface area contributed by atoms with Gasteiger partial charge in [0.2, 0.25) is 5.91 Å². The van der Waals surface area contributed by atoms with Gasteiger partial charge in [-0.3, -0.25) is 14.5 Å². The molecule has 2 amide bonds. The van der Waals surface area contributed by atoms with Crippen LogP contribution in [0.5, 0.6) is 0 Å². The zero-order valence-corrected chi connectivity index (χ0v) is 17.0. The van der Waals surface area contributed by atoms with E-state index < -0.39 is 17.0 Å². The summed E-state index contributed by atoms with van der Waals surface area (Å²) in [4.78, 5) is 26.3. The molecule has 0 unspecified atom stereocenters. The summed E-state index contributed by atoms with van der Waals surface area (Å²) in [7, 11) is 0. The predicted octanol–water partition coefficient (Wildman–Crippen LogP) is 5.65. The molecule has 0 saturated carbocycles. The van der Waals surface area contributed by atoms with E-state index in [2.05, 4.69) is 5.32 Å². The fourth-order valence-corrected chi connectivity index (χ4v) is 4.60. The van der Waals surface area contributed by atoms with Gasteiger partial charge >= 0.3 is 0 Å². The summed E-state index contributed by atoms with van der Waals surface area (Å²) in [5.41, 5.74) is 1.57. The molecule has 1 atom stereocenters. The first-order valence-corrected chi connectivity index (χ1v) is 10.4. The summed E-state index contributed by atoms with van der Waals surface area (Å²) >= 11 is 7.41. The monoisotopic (exact) mass is 444 g/mol. The third kappa shape index (κ3) is 4.04. The highest BCUT2D eigenvalue weighted by Crippen LogP contribution is 2.43. The molecule has 4 nitrogen and oxygen atoms in total. The lowest BCUT2D eigenvalue weighted by atomic mass is 10.1. The number of rotatable bonds is 4. The molecule has 1 aliphatic rings. The van der Waals surface area contributed by atoms with E-state index in [9.17, 15) is 18.4 Å². The Balaban J connectivity index is 1.62. The number of benzene rings is 3. The second kappa shape index (κ2) is 8.45. The number of carbonyl (C=O) groups excluding carboxylic acids is 2. The molecule has 1 N–H and O–H groups in total. The molecule has 4 rings (SSSR count). The van der Waals surface area contributed by atoms with Gasteiger partial charge in [0.15, 0.2) is 0 Å². The first kappa shape index (κ1) is 20.4. The van der Waals surface area contributed by atoms with Crippen molar-refractivity contribution in [3.8, 4) is 0 Å². The van der Waals surface area contributed by atoms with Crippen LogP contribution in [0.4, 0.5) is 20.2 Å². The van der Waals surface area contributed by atoms with Crippen molar-refractivity contribution in [3.63, 3.8) is 0 Å². The summed E-state index contributed by atoms with van der Waals surface area (Å²) in [5.74, 6) is -2.00. The van der Waals surface area contributed by atoms with E-state index in [1.54, 1.807) is 48.5 Å². The van der Waals surface area contributed by atoms with E-state index >= 15 is 0 Å². The zero-order chi connectivity index (χ0) is 21.3. The number of amides is 2. The minimum absolute atomic E-state index is 0.0157. The second-order valence-electron chi connectivity index (χ2n) is 6.58. The van der Waals surface area contributed by atoms with E-state index in [0.717, 1.165) is 12.1 Å². The molecule has 3 aromatic carbocycles. The average molecular weight is 445 g/mol. The first-order chi connectivity index (χ1) is 14.4. The number of anilines is 2. The number of hydrogen-bond acceptors (Lipinski definition) is 3. The van der Waals surface area contributed by atoms with Gasteiger partial charge in [-0.1, -0.05) is 35.9 Å². The van der Waals surface area contributed by atoms with Crippen LogP contribution in [-0.2, 0) is 4.79 Å². The third-order valence-corrected chi connectivity index (χ3v) is 6.13. The number of thioether (sulfide) groups is 1. The maximum Gasteiger partial charge on any atom is 0.257 e. The molecular weight excluding hydrogens is 430 g/mol. The number of carbonyl (C=O) groups is 2. The lowest BCUT2D eigenvalue weighted by Crippen LogP contribution is -2.28. The summed E-state index contributed by atoms with van der Waals surface area (Å²) in [6.45, 7) is 0. The van der Waals surface area contributed by atoms with Gasteiger partial charge < -0.3 is 5.32 Å². The molecule has 3 aromatic rings. The lowest BCUT2D eigenvalue weighted by Gasteiger charge is -2.25. The standard InChI is InChI=1S/C22H15ClF2N2O2S/c23-17-7-2-1-6-16(17)21(29)26-15-5-3-4-13(10-15)22-27(20(28)12-30-22)19-9-8-14(24)11-18(19)25/h1-11,22H,12H2,(H,26,29)/t22-/m0/s1. The highest BCUT2D eigenvalue weighted by molar-refractivity contribution is 8.00. The normalized spacial score (nSPS) is 16.0. The molecule has 152 valence electrons. The topological polar surface area (TPSA) is 49.4 Å². The van der Waals surface area contributed by atoms with Gasteiger partial charge in [-0.25, -0.2) is 8.78 Å². The molecule has 1 aliphatic heterocycles. The Bertz CT molecular complexity index is 1140. The van der Waals surface area contributed by atoms with Crippen molar-refractivity contribution in [3.05, 3.63) is 94.5 Å². The number of nitrogens with zero attached hydrogens (tertiary/aromatic N) is 1. The Morgan fingerprint density at radius 2 is 1.87 bits per heavy atom. The van der Waals surface area contributed by atoms with Crippen molar-refractivity contribution in [2.24, 2.45) is 0 Å². The Kier molecular flexibility index (Phi) is 5.74. The fraction of sp³-hybridized carbons (Fsp3) is 0.0909. The lowest BCUT2D eigenvalue weighted by molar-refractivity contribution is -0.115. The zero-order valence-electron chi connectivity index (χ0n) is 15.4. The Hall–Kier alpha value is -2.90. The van der Waals surface area contributed by atoms with Crippen molar-refractivity contribution >= 4 is 46.6 Å². The second-order valence-corrected chi connectivity index (χ2v) is 8.06. The van der Waals surface area contributed by atoms with E-state index in [1.807, 2.05) is 0 Å². The van der Waals surface area contributed by atoms with Gasteiger partial charge in [0.05, 0.1) is 22.0 Å². The maximum atomic E-state index is 14.3. The van der Waals surface area contributed by atoms with Gasteiger partial charge in [-0.15, -0.1) is 11.8 Å². The predicted molar refractivity (Wildman–Crippen MR) is 115 cm³/mol. The van der Waals surface area contributed by atoms with Crippen LogP contribution in [0.2, 0.25) is 5.02 Å². The molecular formula is C22H15ClF2N2O2S. The van der Waals surface area contributed by atoms with Gasteiger partial charge in [0, 0.05) is 11.8 Å². The van der Waals surface area contributed by atoms with Crippen molar-refractivity contribution in [1.29, 1.82) is 0 Å². The van der Waals surface area contributed by atoms with Crippen LogP contribution in [0.25, 0.3) is 0 Å². The number of halogens is 3. The van der Waals surface area contributed by atoms with Gasteiger partial charge in [-0.2, -0.15) is 0 Å². The summed E-state index contributed by atoms with van der Waals surface area (Å²) in [6.07, 6.45) is 0. The highest BCUT2D eigenvalue weighted by atomic mass is 35.5. The summed E-state index contributed by atoms with van der Waals surface area (Å²) in [6, 6.07) is 16.8. The van der Waals surface area contributed by atoms with E-state index in [4.69, 9.17) is 11.6 Å². The SMILES string of the molecule is O=C(Nc1cccc([C@@H]2SCC(=O)N2c2ccc(F)cc2F)c1)c1ccccc1Cl. The Morgan fingerprint density at radius 3 is 2.63 bits per heavy atom. The number of nitrogens with one attached hydrogen (secondary N) is 1. The average Bonchev–Trinajstić information content (AvgIpc) is 3.10. The van der Waals surface area contributed by atoms with Crippen LogP contribution in [0, 0.1) is 11.6 Å². The molecule has 8 heteroatoms. The van der Waals surface area contributed by atoms with E-state index in [-0.39, 0.29) is 23.3 Å². The van der Waals surface area contributed by atoms with Gasteiger partial charge in [-0.05, 0) is 42.0 Å². The van der Waals surface area contributed by atoms with Crippen LogP contribution in [0.15, 0.2) is 66.7 Å². The molecule has 0 spiro atoms. The molecule has 0 aromatic heterocycles. The fourth-order valence-electron chi connectivity index (χ4n) is 3.22. The van der Waals surface area contributed by atoms with Crippen LogP contribution >= 0.6 is 23.4 Å². The number of hydrogen-bond donors (Lipinski definition) is 1. The highest BCUT2D eigenvalue weighted by Gasteiger charge is 2.35. The molecule has 30 heavy (non-hydrogen) atoms. The van der Waals surface area contributed by atoms with Crippen molar-refractivity contribution in [1.82, 2.24) is 0 Å². The minimum atomic E-state index is -0.806. The Morgan fingerprint density at radius 1 is 1.07 bits per heavy atom. The van der Waals surface area contributed by atoms with Gasteiger partial charge in [0.1, 0.15) is 17.0 Å². The maximum absolute atomic E-state index is 14.3. The largest absolute Gasteiger partial charge is 0.322 e. The molecule has 0 aliphatic carbocycles. The smallest absolute Gasteiger partial charge is 0.257 e. The molecule has 0 radical (unpaired) electrons. The third-order valence-electron chi connectivity index (χ3n) is 4.59. The quantitative estimate of drug-likeness (QED) is 0.565. The van der Waals surface area contributed by atoms with Crippen LogP contribution in [0.3, 0.4) is 0 Å². The summed E-state index contributed by atoms with van der Waals surface area (Å²) < 4.78 is 27.6. The summed E-state index contributed by atoms with van der Waals surface area (Å²) in [5, 5.41) is 2.62. The molecule has 1 heterocycles. The van der Waals surface area contributed by atoms with E-state index in [1.165, 1.54) is 22.7 Å². The molecule has 1 fully saturated rings.